The van der Waals surface area contributed by atoms with Crippen molar-refractivity contribution in [2.45, 2.75) is 51.5 Å². The Bertz CT molecular complexity index is 1130. The van der Waals surface area contributed by atoms with Crippen LogP contribution in [0.1, 0.15) is 55.7 Å². The van der Waals surface area contributed by atoms with Crippen molar-refractivity contribution < 1.29 is 9.47 Å². The van der Waals surface area contributed by atoms with E-state index in [1.807, 2.05) is 35.9 Å². The van der Waals surface area contributed by atoms with Gasteiger partial charge in [-0.1, -0.05) is 31.9 Å². The van der Waals surface area contributed by atoms with Gasteiger partial charge < -0.3 is 14.5 Å². The number of aromatic nitrogens is 4. The average Bonchev–Trinajstić information content (AvgIpc) is 3.49. The number of ether oxygens (including phenoxy) is 2. The normalized spacial score (nSPS) is 17.7. The van der Waals surface area contributed by atoms with Gasteiger partial charge in [0.15, 0.2) is 5.65 Å². The molecule has 0 atom stereocenters. The minimum atomic E-state index is -0.0841. The molecule has 33 heavy (non-hydrogen) atoms. The number of hydrogen-bond acceptors (Lipinski definition) is 6. The maximum Gasteiger partial charge on any atom is 0.262 e. The molecular weight excluding hydrogens is 418 g/mol. The Morgan fingerprint density at radius 3 is 2.64 bits per heavy atom. The molecule has 0 amide bonds. The van der Waals surface area contributed by atoms with Crippen molar-refractivity contribution in [3.8, 4) is 5.75 Å². The third kappa shape index (κ3) is 4.96. The zero-order valence-electron chi connectivity index (χ0n) is 19.4. The number of aromatic amines is 1. The fraction of sp³-hybridized carbons (Fsp3) is 0.560. The quantitative estimate of drug-likeness (QED) is 0.567. The number of nitrogens with zero attached hydrogens (tertiary/aromatic N) is 4. The Labute approximate surface area is 193 Å². The van der Waals surface area contributed by atoms with E-state index in [-0.39, 0.29) is 5.56 Å². The maximum atomic E-state index is 12.9. The highest BCUT2D eigenvalue weighted by molar-refractivity contribution is 5.77. The van der Waals surface area contributed by atoms with Crippen molar-refractivity contribution in [3.05, 3.63) is 51.7 Å². The van der Waals surface area contributed by atoms with Crippen LogP contribution in [0.25, 0.3) is 11.0 Å². The van der Waals surface area contributed by atoms with Gasteiger partial charge in [-0.25, -0.2) is 9.67 Å². The molecule has 1 aliphatic heterocycles. The number of hydrogen-bond donors (Lipinski definition) is 1. The first kappa shape index (κ1) is 22.1. The first-order chi connectivity index (χ1) is 16.2. The van der Waals surface area contributed by atoms with Crippen LogP contribution >= 0.6 is 0 Å². The average molecular weight is 452 g/mol. The van der Waals surface area contributed by atoms with Gasteiger partial charge in [-0.2, -0.15) is 5.10 Å². The highest BCUT2D eigenvalue weighted by Gasteiger charge is 2.24. The number of nitrogens with one attached hydrogen (secondary N) is 1. The Hall–Kier alpha value is -2.71. The van der Waals surface area contributed by atoms with Crippen molar-refractivity contribution in [1.82, 2.24) is 24.6 Å². The largest absolute Gasteiger partial charge is 0.492 e. The smallest absolute Gasteiger partial charge is 0.262 e. The summed E-state index contributed by atoms with van der Waals surface area (Å²) in [4.78, 5) is 23.1. The lowest BCUT2D eigenvalue weighted by molar-refractivity contribution is 0.0322. The lowest BCUT2D eigenvalue weighted by atomic mass is 10.1. The molecule has 1 saturated carbocycles. The summed E-state index contributed by atoms with van der Waals surface area (Å²) < 4.78 is 13.3. The lowest BCUT2D eigenvalue weighted by Crippen LogP contribution is -2.38. The monoisotopic (exact) mass is 451 g/mol. The lowest BCUT2D eigenvalue weighted by Gasteiger charge is -2.26. The summed E-state index contributed by atoms with van der Waals surface area (Å²) in [7, 11) is 0. The van der Waals surface area contributed by atoms with E-state index >= 15 is 0 Å². The van der Waals surface area contributed by atoms with E-state index in [0.29, 0.717) is 30.3 Å². The molecular formula is C25H33N5O3. The van der Waals surface area contributed by atoms with Gasteiger partial charge in [0.25, 0.3) is 5.56 Å². The third-order valence-electron chi connectivity index (χ3n) is 6.76. The third-order valence-corrected chi connectivity index (χ3v) is 6.76. The van der Waals surface area contributed by atoms with Crippen LogP contribution in [0.2, 0.25) is 0 Å². The van der Waals surface area contributed by atoms with Crippen molar-refractivity contribution in [3.63, 3.8) is 0 Å². The van der Waals surface area contributed by atoms with Crippen LogP contribution in [0, 0.1) is 0 Å². The van der Waals surface area contributed by atoms with Crippen LogP contribution in [0.15, 0.2) is 29.1 Å². The van der Waals surface area contributed by atoms with Crippen LogP contribution in [-0.4, -0.2) is 64.1 Å². The minimum Gasteiger partial charge on any atom is -0.492 e. The number of fused-ring (bicyclic) bond motifs is 1. The summed E-state index contributed by atoms with van der Waals surface area (Å²) in [5, 5.41) is 5.43. The summed E-state index contributed by atoms with van der Waals surface area (Å²) in [5.41, 5.74) is 2.58. The van der Waals surface area contributed by atoms with Gasteiger partial charge in [0.1, 0.15) is 23.6 Å². The van der Waals surface area contributed by atoms with Crippen LogP contribution in [0.5, 0.6) is 5.75 Å². The van der Waals surface area contributed by atoms with Crippen LogP contribution in [-0.2, 0) is 17.6 Å². The Morgan fingerprint density at radius 1 is 1.15 bits per heavy atom. The fourth-order valence-electron chi connectivity index (χ4n) is 4.91. The van der Waals surface area contributed by atoms with Gasteiger partial charge in [-0.3, -0.25) is 9.69 Å². The highest BCUT2D eigenvalue weighted by Crippen LogP contribution is 2.31. The molecule has 1 aliphatic carbocycles. The van der Waals surface area contributed by atoms with Crippen LogP contribution in [0.4, 0.5) is 0 Å². The standard InChI is InChI=1S/C25H33N5O3/c1-2-21-23-24(30(28-21)19-5-3-4-6-19)26-22(27-25(23)31)17-18-7-9-20(10-8-18)33-16-13-29-11-14-32-15-12-29/h7-10,19H,2-6,11-17H2,1H3,(H,26,27,31). The van der Waals surface area contributed by atoms with Crippen molar-refractivity contribution in [1.29, 1.82) is 0 Å². The zero-order valence-corrected chi connectivity index (χ0v) is 19.4. The molecule has 2 aromatic heterocycles. The Balaban J connectivity index is 1.28. The molecule has 176 valence electrons. The molecule has 3 heterocycles. The van der Waals surface area contributed by atoms with Crippen molar-refractivity contribution >= 4 is 11.0 Å². The SMILES string of the molecule is CCc1nn(C2CCCC2)c2nc(Cc3ccc(OCCN4CCOCC4)cc3)[nH]c(=O)c12. The van der Waals surface area contributed by atoms with Gasteiger partial charge in [0.05, 0.1) is 24.9 Å². The maximum absolute atomic E-state index is 12.9. The van der Waals surface area contributed by atoms with Crippen LogP contribution in [0.3, 0.4) is 0 Å². The topological polar surface area (TPSA) is 85.3 Å². The first-order valence-electron chi connectivity index (χ1n) is 12.2. The highest BCUT2D eigenvalue weighted by atomic mass is 16.5. The van der Waals surface area contributed by atoms with Gasteiger partial charge in [-0.05, 0) is 37.0 Å². The number of H-pyrrole nitrogens is 1. The molecule has 2 fully saturated rings. The van der Waals surface area contributed by atoms with Gasteiger partial charge in [0, 0.05) is 26.1 Å². The summed E-state index contributed by atoms with van der Waals surface area (Å²) in [6.45, 7) is 7.16. The summed E-state index contributed by atoms with van der Waals surface area (Å²) in [6.07, 6.45) is 5.94. The molecule has 3 aromatic rings. The van der Waals surface area contributed by atoms with E-state index in [9.17, 15) is 4.79 Å². The number of rotatable bonds is 8. The zero-order chi connectivity index (χ0) is 22.6. The first-order valence-corrected chi connectivity index (χ1v) is 12.2. The molecule has 0 spiro atoms. The van der Waals surface area contributed by atoms with Gasteiger partial charge >= 0.3 is 0 Å². The molecule has 1 saturated heterocycles. The van der Waals surface area contributed by atoms with E-state index in [1.54, 1.807) is 0 Å². The number of benzene rings is 1. The Kier molecular flexibility index (Phi) is 6.73. The second-order valence-corrected chi connectivity index (χ2v) is 9.02. The van der Waals surface area contributed by atoms with E-state index in [1.165, 1.54) is 12.8 Å². The predicted octanol–water partition coefficient (Wildman–Crippen LogP) is 3.10. The van der Waals surface area contributed by atoms with Crippen molar-refractivity contribution in [2.75, 3.05) is 39.5 Å². The van der Waals surface area contributed by atoms with E-state index < -0.39 is 0 Å². The molecule has 0 radical (unpaired) electrons. The molecule has 8 nitrogen and oxygen atoms in total. The van der Waals surface area contributed by atoms with E-state index in [2.05, 4.69) is 9.88 Å². The van der Waals surface area contributed by atoms with E-state index in [4.69, 9.17) is 19.6 Å². The fourth-order valence-corrected chi connectivity index (χ4v) is 4.91. The number of aryl methyl sites for hydroxylation is 1. The molecule has 0 unspecified atom stereocenters. The van der Waals surface area contributed by atoms with E-state index in [0.717, 1.165) is 74.8 Å². The summed E-state index contributed by atoms with van der Waals surface area (Å²) in [5.74, 6) is 1.53. The Morgan fingerprint density at radius 2 is 1.91 bits per heavy atom. The summed E-state index contributed by atoms with van der Waals surface area (Å²) in [6, 6.07) is 8.41. The molecule has 5 rings (SSSR count). The second kappa shape index (κ2) is 10.1. The van der Waals surface area contributed by atoms with Gasteiger partial charge in [0.2, 0.25) is 0 Å². The molecule has 0 bridgehead atoms. The molecule has 8 heteroatoms. The molecule has 1 aromatic carbocycles. The predicted molar refractivity (Wildman–Crippen MR) is 127 cm³/mol. The minimum absolute atomic E-state index is 0.0841. The summed E-state index contributed by atoms with van der Waals surface area (Å²) >= 11 is 0. The van der Waals surface area contributed by atoms with Gasteiger partial charge in [-0.15, -0.1) is 0 Å². The van der Waals surface area contributed by atoms with Crippen molar-refractivity contribution in [2.24, 2.45) is 0 Å². The van der Waals surface area contributed by atoms with Crippen LogP contribution < -0.4 is 10.3 Å². The number of morpholine rings is 1. The molecule has 2 aliphatic rings. The molecule has 1 N–H and O–H groups in total. The second-order valence-electron chi connectivity index (χ2n) is 9.02.